The fraction of sp³-hybridized carbons (Fsp3) is 0.286. The smallest absolute Gasteiger partial charge is 0.161 e. The normalized spacial score (nSPS) is 12.1. The number of aliphatic hydroxyl groups excluding tert-OH is 1. The molecule has 18 heavy (non-hydrogen) atoms. The van der Waals surface area contributed by atoms with Crippen LogP contribution < -0.4 is 9.47 Å². The number of hydrogen-bond acceptors (Lipinski definition) is 4. The molecule has 0 spiro atoms. The topological polar surface area (TPSA) is 38.7 Å². The molecule has 3 nitrogen and oxygen atoms in total. The summed E-state index contributed by atoms with van der Waals surface area (Å²) in [6, 6.07) is 11.5. The number of aliphatic hydroxyl groups is 1. The molecule has 1 atom stereocenters. The van der Waals surface area contributed by atoms with E-state index < -0.39 is 0 Å². The van der Waals surface area contributed by atoms with Crippen molar-refractivity contribution in [1.29, 1.82) is 0 Å². The maximum absolute atomic E-state index is 9.40. The highest BCUT2D eigenvalue weighted by Crippen LogP contribution is 2.28. The van der Waals surface area contributed by atoms with Crippen molar-refractivity contribution < 1.29 is 14.6 Å². The van der Waals surface area contributed by atoms with Gasteiger partial charge in [0.1, 0.15) is 0 Å². The fourth-order valence-corrected chi connectivity index (χ4v) is 2.48. The molecule has 0 fully saturated rings. The minimum absolute atomic E-state index is 0.00918. The molecule has 0 amide bonds. The molecule has 1 unspecified atom stereocenters. The minimum atomic E-state index is 0.00918. The minimum Gasteiger partial charge on any atom is -0.493 e. The highest BCUT2D eigenvalue weighted by atomic mass is 32.1. The van der Waals surface area contributed by atoms with Crippen molar-refractivity contribution in [2.45, 2.75) is 5.92 Å². The van der Waals surface area contributed by atoms with Crippen LogP contribution in [-0.2, 0) is 0 Å². The summed E-state index contributed by atoms with van der Waals surface area (Å²) >= 11 is 1.63. The Morgan fingerprint density at radius 2 is 1.94 bits per heavy atom. The van der Waals surface area contributed by atoms with E-state index in [1.54, 1.807) is 18.4 Å². The summed E-state index contributed by atoms with van der Waals surface area (Å²) in [5.41, 5.74) is 0. The number of methoxy groups -OCH3 is 1. The van der Waals surface area contributed by atoms with Crippen LogP contribution in [-0.4, -0.2) is 25.4 Å². The molecule has 4 heteroatoms. The Balaban J connectivity index is 2.02. The quantitative estimate of drug-likeness (QED) is 0.872. The number of hydrogen-bond donors (Lipinski definition) is 1. The molecule has 2 rings (SSSR count). The van der Waals surface area contributed by atoms with Gasteiger partial charge in [-0.25, -0.2) is 0 Å². The molecule has 0 radical (unpaired) electrons. The third-order valence-electron chi connectivity index (χ3n) is 2.68. The first kappa shape index (κ1) is 12.9. The standard InChI is InChI=1S/C14H16O3S/c1-16-12-5-2-3-6-13(12)17-10-11(9-15)14-7-4-8-18-14/h2-8,11,15H,9-10H2,1H3. The van der Waals surface area contributed by atoms with Gasteiger partial charge in [0.2, 0.25) is 0 Å². The maximum Gasteiger partial charge on any atom is 0.161 e. The summed E-state index contributed by atoms with van der Waals surface area (Å²) in [6.07, 6.45) is 0. The summed E-state index contributed by atoms with van der Waals surface area (Å²) < 4.78 is 10.9. The van der Waals surface area contributed by atoms with Crippen molar-refractivity contribution in [2.24, 2.45) is 0 Å². The van der Waals surface area contributed by atoms with E-state index >= 15 is 0 Å². The van der Waals surface area contributed by atoms with Crippen LogP contribution in [0, 0.1) is 0 Å². The summed E-state index contributed by atoms with van der Waals surface area (Å²) in [5, 5.41) is 11.4. The van der Waals surface area contributed by atoms with Crippen LogP contribution >= 0.6 is 11.3 Å². The lowest BCUT2D eigenvalue weighted by Crippen LogP contribution is -2.13. The summed E-state index contributed by atoms with van der Waals surface area (Å²) in [7, 11) is 1.62. The van der Waals surface area contributed by atoms with Crippen LogP contribution in [0.3, 0.4) is 0 Å². The van der Waals surface area contributed by atoms with Crippen molar-refractivity contribution in [1.82, 2.24) is 0 Å². The third kappa shape index (κ3) is 3.03. The van der Waals surface area contributed by atoms with Crippen LogP contribution in [0.2, 0.25) is 0 Å². The number of para-hydroxylation sites is 2. The molecule has 1 N–H and O–H groups in total. The Bertz CT molecular complexity index is 468. The molecule has 1 aromatic heterocycles. The van der Waals surface area contributed by atoms with E-state index in [9.17, 15) is 5.11 Å². The SMILES string of the molecule is COc1ccccc1OCC(CO)c1cccs1. The molecule has 0 saturated carbocycles. The van der Waals surface area contributed by atoms with Crippen LogP contribution in [0.1, 0.15) is 10.8 Å². The van der Waals surface area contributed by atoms with Gasteiger partial charge in [0.25, 0.3) is 0 Å². The van der Waals surface area contributed by atoms with E-state index in [0.717, 1.165) is 4.88 Å². The van der Waals surface area contributed by atoms with Gasteiger partial charge in [0, 0.05) is 4.88 Å². The Morgan fingerprint density at radius 1 is 1.17 bits per heavy atom. The van der Waals surface area contributed by atoms with Crippen molar-refractivity contribution in [3.8, 4) is 11.5 Å². The highest BCUT2D eigenvalue weighted by molar-refractivity contribution is 7.10. The van der Waals surface area contributed by atoms with Gasteiger partial charge in [-0.2, -0.15) is 0 Å². The molecule has 0 bridgehead atoms. The second kappa shape index (κ2) is 6.42. The Labute approximate surface area is 111 Å². The van der Waals surface area contributed by atoms with E-state index in [0.29, 0.717) is 18.1 Å². The van der Waals surface area contributed by atoms with Crippen molar-refractivity contribution in [2.75, 3.05) is 20.3 Å². The lowest BCUT2D eigenvalue weighted by atomic mass is 10.1. The van der Waals surface area contributed by atoms with Gasteiger partial charge >= 0.3 is 0 Å². The average molecular weight is 264 g/mol. The molecule has 2 aromatic rings. The first-order valence-corrected chi connectivity index (χ1v) is 6.63. The zero-order valence-corrected chi connectivity index (χ0v) is 11.0. The van der Waals surface area contributed by atoms with Gasteiger partial charge < -0.3 is 14.6 Å². The van der Waals surface area contributed by atoms with Crippen LogP contribution in [0.15, 0.2) is 41.8 Å². The molecular weight excluding hydrogens is 248 g/mol. The fourth-order valence-electron chi connectivity index (χ4n) is 1.68. The van der Waals surface area contributed by atoms with Gasteiger partial charge in [-0.05, 0) is 23.6 Å². The Kier molecular flexibility index (Phi) is 4.61. The molecule has 96 valence electrons. The largest absolute Gasteiger partial charge is 0.493 e. The first-order valence-electron chi connectivity index (χ1n) is 5.75. The number of rotatable bonds is 6. The zero-order chi connectivity index (χ0) is 12.8. The Morgan fingerprint density at radius 3 is 2.56 bits per heavy atom. The molecule has 0 aliphatic carbocycles. The molecule has 0 aliphatic heterocycles. The van der Waals surface area contributed by atoms with Crippen molar-refractivity contribution in [3.63, 3.8) is 0 Å². The van der Waals surface area contributed by atoms with E-state index in [1.165, 1.54) is 0 Å². The first-order chi connectivity index (χ1) is 8.85. The average Bonchev–Trinajstić information content (AvgIpc) is 2.94. The summed E-state index contributed by atoms with van der Waals surface area (Å²) in [5.74, 6) is 1.42. The predicted octanol–water partition coefficient (Wildman–Crippen LogP) is 2.91. The van der Waals surface area contributed by atoms with E-state index in [2.05, 4.69) is 0 Å². The molecule has 1 heterocycles. The van der Waals surface area contributed by atoms with Gasteiger partial charge in [-0.15, -0.1) is 11.3 Å². The zero-order valence-electron chi connectivity index (χ0n) is 10.2. The van der Waals surface area contributed by atoms with Crippen molar-refractivity contribution in [3.05, 3.63) is 46.7 Å². The molecular formula is C14H16O3S. The second-order valence-corrected chi connectivity index (χ2v) is 4.84. The molecule has 0 saturated heterocycles. The van der Waals surface area contributed by atoms with Gasteiger partial charge in [-0.3, -0.25) is 0 Å². The number of benzene rings is 1. The summed E-state index contributed by atoms with van der Waals surface area (Å²) in [6.45, 7) is 0.521. The number of ether oxygens (including phenoxy) is 2. The summed E-state index contributed by atoms with van der Waals surface area (Å²) in [4.78, 5) is 1.13. The Hall–Kier alpha value is -1.52. The van der Waals surface area contributed by atoms with Crippen LogP contribution in [0.25, 0.3) is 0 Å². The lowest BCUT2D eigenvalue weighted by Gasteiger charge is -2.15. The number of thiophene rings is 1. The maximum atomic E-state index is 9.40. The van der Waals surface area contributed by atoms with Crippen molar-refractivity contribution >= 4 is 11.3 Å². The monoisotopic (exact) mass is 264 g/mol. The van der Waals surface area contributed by atoms with Gasteiger partial charge in [0.05, 0.1) is 26.2 Å². The predicted molar refractivity (Wildman–Crippen MR) is 72.6 cm³/mol. The molecule has 1 aromatic carbocycles. The van der Waals surface area contributed by atoms with Gasteiger partial charge in [0.15, 0.2) is 11.5 Å². The van der Waals surface area contributed by atoms with E-state index in [1.807, 2.05) is 41.8 Å². The van der Waals surface area contributed by atoms with Gasteiger partial charge in [-0.1, -0.05) is 18.2 Å². The highest BCUT2D eigenvalue weighted by Gasteiger charge is 2.13. The third-order valence-corrected chi connectivity index (χ3v) is 3.71. The lowest BCUT2D eigenvalue weighted by molar-refractivity contribution is 0.202. The second-order valence-electron chi connectivity index (χ2n) is 3.86. The molecule has 0 aliphatic rings. The van der Waals surface area contributed by atoms with Crippen LogP contribution in [0.5, 0.6) is 11.5 Å². The van der Waals surface area contributed by atoms with E-state index in [4.69, 9.17) is 9.47 Å². The van der Waals surface area contributed by atoms with Crippen LogP contribution in [0.4, 0.5) is 0 Å². The van der Waals surface area contributed by atoms with E-state index in [-0.39, 0.29) is 12.5 Å².